The van der Waals surface area contributed by atoms with Crippen molar-refractivity contribution >= 4 is 60.0 Å². The number of halogens is 1. The van der Waals surface area contributed by atoms with E-state index in [0.717, 1.165) is 29.5 Å². The summed E-state index contributed by atoms with van der Waals surface area (Å²) in [6.45, 7) is 4.66. The summed E-state index contributed by atoms with van der Waals surface area (Å²) in [6.07, 6.45) is 2.57. The SMILES string of the molecule is CNC(=O)c1c(-n2ccccc2=O)oc2cc(N(C)S(C)(=O)=O)c(-c3ccc4nc(CN5CC(C)C5)n5c6cccc(F)c6cc5c4n3)cc12. The largest absolute Gasteiger partial charge is 0.439 e. The second-order valence-electron chi connectivity index (χ2n) is 12.8. The van der Waals surface area contributed by atoms with Gasteiger partial charge in [0.2, 0.25) is 15.9 Å². The normalized spacial score (nSPS) is 14.2. The van der Waals surface area contributed by atoms with Gasteiger partial charge in [0, 0.05) is 61.9 Å². The number of carbonyl (C=O) groups excluding carboxylic acids is 1. The van der Waals surface area contributed by atoms with Gasteiger partial charge in [0.1, 0.15) is 28.3 Å². The Morgan fingerprint density at radius 2 is 1.84 bits per heavy atom. The first-order chi connectivity index (χ1) is 23.9. The molecule has 0 aliphatic carbocycles. The highest BCUT2D eigenvalue weighted by molar-refractivity contribution is 7.92. The van der Waals surface area contributed by atoms with Crippen molar-refractivity contribution < 1.29 is 22.0 Å². The van der Waals surface area contributed by atoms with Crippen LogP contribution in [0, 0.1) is 11.7 Å². The summed E-state index contributed by atoms with van der Waals surface area (Å²) in [5.41, 5.74) is 3.25. The summed E-state index contributed by atoms with van der Waals surface area (Å²) in [6, 6.07) is 18.0. The topological polar surface area (TPSA) is 135 Å². The molecule has 1 amide bonds. The minimum Gasteiger partial charge on any atom is -0.439 e. The van der Waals surface area contributed by atoms with Crippen LogP contribution in [0.15, 0.2) is 82.1 Å². The minimum absolute atomic E-state index is 0.0153. The van der Waals surface area contributed by atoms with Gasteiger partial charge in [-0.05, 0) is 48.4 Å². The number of furan rings is 1. The maximum Gasteiger partial charge on any atom is 0.257 e. The molecule has 14 heteroatoms. The molecule has 0 spiro atoms. The van der Waals surface area contributed by atoms with Crippen molar-refractivity contribution in [1.29, 1.82) is 0 Å². The van der Waals surface area contributed by atoms with Crippen LogP contribution in [0.3, 0.4) is 0 Å². The second kappa shape index (κ2) is 11.5. The lowest BCUT2D eigenvalue weighted by Crippen LogP contribution is -2.44. The highest BCUT2D eigenvalue weighted by Crippen LogP contribution is 2.40. The lowest BCUT2D eigenvalue weighted by atomic mass is 10.0. The van der Waals surface area contributed by atoms with E-state index < -0.39 is 21.5 Å². The van der Waals surface area contributed by atoms with Crippen molar-refractivity contribution in [2.24, 2.45) is 5.92 Å². The molecule has 0 unspecified atom stereocenters. The average Bonchev–Trinajstić information content (AvgIpc) is 3.66. The first kappa shape index (κ1) is 31.7. The highest BCUT2D eigenvalue weighted by atomic mass is 32.2. The van der Waals surface area contributed by atoms with Gasteiger partial charge < -0.3 is 9.73 Å². The van der Waals surface area contributed by atoms with E-state index >= 15 is 4.39 Å². The van der Waals surface area contributed by atoms with Crippen LogP contribution in [0.5, 0.6) is 0 Å². The lowest BCUT2D eigenvalue weighted by molar-refractivity contribution is 0.0963. The van der Waals surface area contributed by atoms with Crippen LogP contribution < -0.4 is 15.2 Å². The number of anilines is 1. The van der Waals surface area contributed by atoms with E-state index in [-0.39, 0.29) is 28.5 Å². The van der Waals surface area contributed by atoms with Crippen LogP contribution in [0.4, 0.5) is 10.1 Å². The molecule has 1 saturated heterocycles. The Hall–Kier alpha value is -5.60. The van der Waals surface area contributed by atoms with E-state index in [1.165, 1.54) is 43.1 Å². The Bertz CT molecular complexity index is 2710. The van der Waals surface area contributed by atoms with Crippen molar-refractivity contribution in [3.05, 3.63) is 100 Å². The van der Waals surface area contributed by atoms with E-state index in [2.05, 4.69) is 17.1 Å². The Morgan fingerprint density at radius 3 is 2.56 bits per heavy atom. The Labute approximate surface area is 285 Å². The van der Waals surface area contributed by atoms with Gasteiger partial charge in [0.25, 0.3) is 11.5 Å². The summed E-state index contributed by atoms with van der Waals surface area (Å²) in [4.78, 5) is 38.5. The smallest absolute Gasteiger partial charge is 0.257 e. The number of amides is 1. The van der Waals surface area contributed by atoms with E-state index in [9.17, 15) is 18.0 Å². The number of fused-ring (bicyclic) bond motifs is 6. The number of carbonyl (C=O) groups is 1. The van der Waals surface area contributed by atoms with Crippen molar-refractivity contribution in [2.45, 2.75) is 13.5 Å². The van der Waals surface area contributed by atoms with Gasteiger partial charge in [-0.1, -0.05) is 19.1 Å². The first-order valence-corrected chi connectivity index (χ1v) is 17.8. The summed E-state index contributed by atoms with van der Waals surface area (Å²) >= 11 is 0. The molecule has 0 atom stereocenters. The third-order valence-electron chi connectivity index (χ3n) is 9.32. The van der Waals surface area contributed by atoms with Crippen LogP contribution in [-0.2, 0) is 16.6 Å². The first-order valence-electron chi connectivity index (χ1n) is 16.0. The molecule has 6 heterocycles. The molecule has 1 aliphatic heterocycles. The molecule has 1 N–H and O–H groups in total. The van der Waals surface area contributed by atoms with Crippen LogP contribution >= 0.6 is 0 Å². The monoisotopic (exact) mass is 693 g/mol. The standard InChI is InChI=1S/C36H32FN7O5S/c1-20-17-42(18-20)19-31-39-26-12-11-25(40-34(26)29-15-21-24(37)8-7-9-27(21)44(29)31)22-14-23-30(16-28(22)41(3)50(4,47)48)49-36(33(23)35(46)38-2)43-13-6-5-10-32(43)45/h5-16,20H,17-19H2,1-4H3,(H,38,46). The van der Waals surface area contributed by atoms with Crippen LogP contribution in [-0.4, -0.2) is 71.6 Å². The highest BCUT2D eigenvalue weighted by Gasteiger charge is 2.28. The lowest BCUT2D eigenvalue weighted by Gasteiger charge is -2.36. The van der Waals surface area contributed by atoms with Crippen molar-refractivity contribution in [2.75, 3.05) is 37.7 Å². The average molecular weight is 694 g/mol. The fourth-order valence-corrected chi connectivity index (χ4v) is 7.36. The third-order valence-corrected chi connectivity index (χ3v) is 10.5. The van der Waals surface area contributed by atoms with E-state index in [0.29, 0.717) is 56.6 Å². The van der Waals surface area contributed by atoms with Gasteiger partial charge >= 0.3 is 0 Å². The number of likely N-dealkylation sites (tertiary alicyclic amines) is 1. The van der Waals surface area contributed by atoms with Crippen LogP contribution in [0.2, 0.25) is 0 Å². The fraction of sp³-hybridized carbons (Fsp3) is 0.222. The molecule has 1 fully saturated rings. The number of aromatic nitrogens is 4. The zero-order valence-corrected chi connectivity index (χ0v) is 28.5. The van der Waals surface area contributed by atoms with Gasteiger partial charge in [-0.3, -0.25) is 27.8 Å². The summed E-state index contributed by atoms with van der Waals surface area (Å²) in [5.74, 6) is 0.461. The fourth-order valence-electron chi connectivity index (χ4n) is 6.85. The molecule has 2 aromatic carbocycles. The number of nitrogens with zero attached hydrogens (tertiary/aromatic N) is 6. The molecular formula is C36H32FN7O5S. The Morgan fingerprint density at radius 1 is 1.04 bits per heavy atom. The second-order valence-corrected chi connectivity index (χ2v) is 14.8. The van der Waals surface area contributed by atoms with Gasteiger partial charge in [0.05, 0.1) is 40.7 Å². The van der Waals surface area contributed by atoms with E-state index in [1.807, 2.05) is 16.5 Å². The van der Waals surface area contributed by atoms with E-state index in [4.69, 9.17) is 14.4 Å². The molecule has 5 aromatic heterocycles. The summed E-state index contributed by atoms with van der Waals surface area (Å²) in [7, 11) is -0.907. The zero-order valence-electron chi connectivity index (χ0n) is 27.6. The zero-order chi connectivity index (χ0) is 35.1. The number of hydrogen-bond acceptors (Lipinski definition) is 8. The molecule has 1 aliphatic rings. The molecule has 12 nitrogen and oxygen atoms in total. The summed E-state index contributed by atoms with van der Waals surface area (Å²) < 4.78 is 51.5. The van der Waals surface area contributed by atoms with Gasteiger partial charge in [-0.2, -0.15) is 0 Å². The predicted molar refractivity (Wildman–Crippen MR) is 190 cm³/mol. The number of hydrogen-bond donors (Lipinski definition) is 1. The quantitative estimate of drug-likeness (QED) is 0.248. The third kappa shape index (κ3) is 5.01. The van der Waals surface area contributed by atoms with Crippen molar-refractivity contribution in [1.82, 2.24) is 29.2 Å². The van der Waals surface area contributed by atoms with Gasteiger partial charge in [-0.25, -0.2) is 22.8 Å². The number of benzene rings is 2. The molecule has 0 radical (unpaired) electrons. The number of pyridine rings is 2. The van der Waals surface area contributed by atoms with Crippen LogP contribution in [0.25, 0.3) is 55.6 Å². The molecule has 7 aromatic rings. The minimum atomic E-state index is -3.79. The molecule has 8 rings (SSSR count). The Balaban J connectivity index is 1.41. The maximum absolute atomic E-state index is 15.2. The molecule has 50 heavy (non-hydrogen) atoms. The maximum atomic E-state index is 15.2. The Kier molecular flexibility index (Phi) is 7.28. The van der Waals surface area contributed by atoms with Crippen LogP contribution in [0.1, 0.15) is 23.1 Å². The van der Waals surface area contributed by atoms with Crippen molar-refractivity contribution in [3.8, 4) is 17.1 Å². The predicted octanol–water partition coefficient (Wildman–Crippen LogP) is 4.95. The molecule has 0 bridgehead atoms. The van der Waals surface area contributed by atoms with Gasteiger partial charge in [-0.15, -0.1) is 0 Å². The molecular weight excluding hydrogens is 662 g/mol. The number of nitrogens with one attached hydrogen (secondary N) is 1. The molecule has 254 valence electrons. The van der Waals surface area contributed by atoms with E-state index in [1.54, 1.807) is 36.4 Å². The number of rotatable bonds is 7. The van der Waals surface area contributed by atoms with Gasteiger partial charge in [0.15, 0.2) is 0 Å². The summed E-state index contributed by atoms with van der Waals surface area (Å²) in [5, 5.41) is 3.40. The molecule has 0 saturated carbocycles. The number of sulfonamides is 1. The van der Waals surface area contributed by atoms with Crippen molar-refractivity contribution in [3.63, 3.8) is 0 Å².